The van der Waals surface area contributed by atoms with Crippen LogP contribution in [0.2, 0.25) is 0 Å². The number of hydrogen-bond donors (Lipinski definition) is 2. The van der Waals surface area contributed by atoms with Crippen molar-refractivity contribution in [3.8, 4) is 5.75 Å². The summed E-state index contributed by atoms with van der Waals surface area (Å²) in [5.74, 6) is -1.75. The summed E-state index contributed by atoms with van der Waals surface area (Å²) >= 11 is 0. The van der Waals surface area contributed by atoms with Gasteiger partial charge in [0, 0.05) is 24.2 Å². The maximum atomic E-state index is 12.3. The van der Waals surface area contributed by atoms with E-state index in [9.17, 15) is 14.7 Å². The summed E-state index contributed by atoms with van der Waals surface area (Å²) in [5, 5.41) is 18.5. The van der Waals surface area contributed by atoms with Gasteiger partial charge in [0.1, 0.15) is 5.75 Å². The minimum atomic E-state index is -0.932. The number of benzene rings is 1. The normalized spacial score (nSPS) is 11.9. The number of phenolic OH excluding ortho intramolecular Hbond substituents is 1. The number of hydrogen-bond acceptors (Lipinski definition) is 3. The molecule has 0 heterocycles. The second-order valence-electron chi connectivity index (χ2n) is 4.53. The molecule has 1 rings (SSSR count). The molecule has 1 amide bonds. The highest BCUT2D eigenvalue weighted by Gasteiger charge is 2.22. The first-order chi connectivity index (χ1) is 8.88. The van der Waals surface area contributed by atoms with Crippen molar-refractivity contribution in [3.63, 3.8) is 0 Å². The fourth-order valence-electron chi connectivity index (χ4n) is 1.79. The largest absolute Gasteiger partial charge is 0.508 e. The van der Waals surface area contributed by atoms with Gasteiger partial charge in [-0.3, -0.25) is 9.59 Å². The summed E-state index contributed by atoms with van der Waals surface area (Å²) in [6.45, 7) is 5.60. The summed E-state index contributed by atoms with van der Waals surface area (Å²) in [5.41, 5.74) is 0.911. The van der Waals surface area contributed by atoms with Gasteiger partial charge >= 0.3 is 5.97 Å². The quantitative estimate of drug-likeness (QED) is 0.852. The van der Waals surface area contributed by atoms with Gasteiger partial charge in [-0.25, -0.2) is 0 Å². The van der Waals surface area contributed by atoms with E-state index in [0.29, 0.717) is 17.7 Å². The summed E-state index contributed by atoms with van der Waals surface area (Å²) < 4.78 is 0. The van der Waals surface area contributed by atoms with Crippen LogP contribution in [0.5, 0.6) is 5.75 Å². The van der Waals surface area contributed by atoms with E-state index < -0.39 is 11.9 Å². The molecule has 0 aliphatic heterocycles. The molecule has 1 aromatic rings. The average molecular weight is 265 g/mol. The smallest absolute Gasteiger partial charge is 0.308 e. The Labute approximate surface area is 112 Å². The SMILES string of the molecule is CCN(CC(C)C(=O)O)C(=O)c1cccc(O)c1C. The zero-order valence-corrected chi connectivity index (χ0v) is 11.4. The van der Waals surface area contributed by atoms with Crippen molar-refractivity contribution in [1.82, 2.24) is 4.90 Å². The molecule has 0 aliphatic carbocycles. The van der Waals surface area contributed by atoms with Crippen molar-refractivity contribution in [3.05, 3.63) is 29.3 Å². The van der Waals surface area contributed by atoms with Gasteiger partial charge in [-0.05, 0) is 26.0 Å². The number of nitrogens with zero attached hydrogens (tertiary/aromatic N) is 1. The Kier molecular flexibility index (Phi) is 4.92. The minimum Gasteiger partial charge on any atom is -0.508 e. The molecular weight excluding hydrogens is 246 g/mol. The predicted octanol–water partition coefficient (Wildman–Crippen LogP) is 1.88. The molecule has 1 atom stereocenters. The first-order valence-corrected chi connectivity index (χ1v) is 6.19. The molecule has 0 aromatic heterocycles. The summed E-state index contributed by atoms with van der Waals surface area (Å²) in [6.07, 6.45) is 0. The van der Waals surface area contributed by atoms with Gasteiger partial charge in [0.25, 0.3) is 5.91 Å². The number of carbonyl (C=O) groups excluding carboxylic acids is 1. The lowest BCUT2D eigenvalue weighted by Gasteiger charge is -2.23. The molecular formula is C14H19NO4. The highest BCUT2D eigenvalue weighted by Crippen LogP contribution is 2.21. The predicted molar refractivity (Wildman–Crippen MR) is 71.2 cm³/mol. The molecule has 0 saturated carbocycles. The molecule has 5 nitrogen and oxygen atoms in total. The van der Waals surface area contributed by atoms with Crippen LogP contribution in [0.25, 0.3) is 0 Å². The maximum Gasteiger partial charge on any atom is 0.308 e. The topological polar surface area (TPSA) is 77.8 Å². The molecule has 19 heavy (non-hydrogen) atoms. The van der Waals surface area contributed by atoms with E-state index >= 15 is 0 Å². The fourth-order valence-corrected chi connectivity index (χ4v) is 1.79. The van der Waals surface area contributed by atoms with Crippen LogP contribution in [0, 0.1) is 12.8 Å². The Morgan fingerprint density at radius 1 is 1.37 bits per heavy atom. The number of amides is 1. The van der Waals surface area contributed by atoms with Crippen LogP contribution in [-0.4, -0.2) is 40.1 Å². The van der Waals surface area contributed by atoms with Crippen LogP contribution in [0.4, 0.5) is 0 Å². The Balaban J connectivity index is 2.96. The summed E-state index contributed by atoms with van der Waals surface area (Å²) in [6, 6.07) is 4.75. The van der Waals surface area contributed by atoms with Crippen LogP contribution in [0.3, 0.4) is 0 Å². The number of carboxylic acid groups (broad SMARTS) is 1. The zero-order chi connectivity index (χ0) is 14.6. The lowest BCUT2D eigenvalue weighted by atomic mass is 10.1. The van der Waals surface area contributed by atoms with E-state index in [1.807, 2.05) is 0 Å². The molecule has 0 bridgehead atoms. The van der Waals surface area contributed by atoms with Gasteiger partial charge < -0.3 is 15.1 Å². The Morgan fingerprint density at radius 3 is 2.53 bits per heavy atom. The van der Waals surface area contributed by atoms with E-state index in [4.69, 9.17) is 5.11 Å². The number of carbonyl (C=O) groups is 2. The number of rotatable bonds is 5. The third-order valence-electron chi connectivity index (χ3n) is 3.12. The number of carboxylic acids is 1. The number of phenols is 1. The van der Waals surface area contributed by atoms with Gasteiger partial charge in [0.15, 0.2) is 0 Å². The minimum absolute atomic E-state index is 0.0631. The van der Waals surface area contributed by atoms with Crippen molar-refractivity contribution in [2.24, 2.45) is 5.92 Å². The van der Waals surface area contributed by atoms with E-state index in [1.165, 1.54) is 11.0 Å². The highest BCUT2D eigenvalue weighted by atomic mass is 16.4. The second-order valence-corrected chi connectivity index (χ2v) is 4.53. The van der Waals surface area contributed by atoms with E-state index in [-0.39, 0.29) is 18.2 Å². The summed E-state index contributed by atoms with van der Waals surface area (Å²) in [4.78, 5) is 24.7. The van der Waals surface area contributed by atoms with Gasteiger partial charge in [-0.2, -0.15) is 0 Å². The van der Waals surface area contributed by atoms with Crippen LogP contribution in [-0.2, 0) is 4.79 Å². The van der Waals surface area contributed by atoms with Gasteiger partial charge in [-0.1, -0.05) is 13.0 Å². The number of aliphatic carboxylic acids is 1. The maximum absolute atomic E-state index is 12.3. The van der Waals surface area contributed by atoms with Crippen molar-refractivity contribution in [2.45, 2.75) is 20.8 Å². The van der Waals surface area contributed by atoms with Gasteiger partial charge in [-0.15, -0.1) is 0 Å². The molecule has 2 N–H and O–H groups in total. The van der Waals surface area contributed by atoms with Gasteiger partial charge in [0.05, 0.1) is 5.92 Å². The average Bonchev–Trinajstić information content (AvgIpc) is 2.38. The third kappa shape index (κ3) is 3.47. The summed E-state index contributed by atoms with van der Waals surface area (Å²) in [7, 11) is 0. The first kappa shape index (κ1) is 15.0. The Bertz CT molecular complexity index is 484. The molecule has 1 unspecified atom stereocenters. The molecule has 0 spiro atoms. The molecule has 0 aliphatic rings. The van der Waals surface area contributed by atoms with Crippen LogP contribution in [0.1, 0.15) is 29.8 Å². The van der Waals surface area contributed by atoms with E-state index in [0.717, 1.165) is 0 Å². The standard InChI is InChI=1S/C14H19NO4/c1-4-15(8-9(2)14(18)19)13(17)11-6-5-7-12(16)10(11)3/h5-7,9,16H,4,8H2,1-3H3,(H,18,19). The Hall–Kier alpha value is -2.04. The molecule has 0 radical (unpaired) electrons. The molecule has 104 valence electrons. The molecule has 1 aromatic carbocycles. The molecule has 5 heteroatoms. The second kappa shape index (κ2) is 6.22. The van der Waals surface area contributed by atoms with Crippen molar-refractivity contribution < 1.29 is 19.8 Å². The van der Waals surface area contributed by atoms with Gasteiger partial charge in [0.2, 0.25) is 0 Å². The van der Waals surface area contributed by atoms with Crippen molar-refractivity contribution in [2.75, 3.05) is 13.1 Å². The van der Waals surface area contributed by atoms with E-state index in [2.05, 4.69) is 0 Å². The highest BCUT2D eigenvalue weighted by molar-refractivity contribution is 5.96. The number of aromatic hydroxyl groups is 1. The third-order valence-corrected chi connectivity index (χ3v) is 3.12. The van der Waals surface area contributed by atoms with Crippen LogP contribution in [0.15, 0.2) is 18.2 Å². The van der Waals surface area contributed by atoms with E-state index in [1.54, 1.807) is 32.9 Å². The van der Waals surface area contributed by atoms with Crippen molar-refractivity contribution >= 4 is 11.9 Å². The lowest BCUT2D eigenvalue weighted by Crippen LogP contribution is -2.37. The monoisotopic (exact) mass is 265 g/mol. The first-order valence-electron chi connectivity index (χ1n) is 6.19. The zero-order valence-electron chi connectivity index (χ0n) is 11.4. The fraction of sp³-hybridized carbons (Fsp3) is 0.429. The molecule has 0 fully saturated rings. The van der Waals surface area contributed by atoms with Crippen LogP contribution < -0.4 is 0 Å². The van der Waals surface area contributed by atoms with Crippen molar-refractivity contribution in [1.29, 1.82) is 0 Å². The lowest BCUT2D eigenvalue weighted by molar-refractivity contribution is -0.141. The van der Waals surface area contributed by atoms with Crippen LogP contribution >= 0.6 is 0 Å². The Morgan fingerprint density at radius 2 is 2.00 bits per heavy atom. The molecule has 0 saturated heterocycles.